The molecule has 0 aliphatic heterocycles. The summed E-state index contributed by atoms with van der Waals surface area (Å²) in [7, 11) is 0. The third-order valence-corrected chi connectivity index (χ3v) is 4.71. The molecule has 2 unspecified atom stereocenters. The lowest BCUT2D eigenvalue weighted by Crippen LogP contribution is -2.35. The van der Waals surface area contributed by atoms with Crippen LogP contribution in [-0.2, 0) is 11.2 Å². The highest BCUT2D eigenvalue weighted by Crippen LogP contribution is 2.17. The molecule has 6 heteroatoms. The number of aryl methyl sites for hydroxylation is 2. The molecular weight excluding hydrogens is 286 g/mol. The van der Waals surface area contributed by atoms with Crippen molar-refractivity contribution in [3.63, 3.8) is 0 Å². The third kappa shape index (κ3) is 4.04. The lowest BCUT2D eigenvalue weighted by molar-refractivity contribution is -0.121. The second-order valence-electron chi connectivity index (χ2n) is 5.52. The molecule has 5 nitrogen and oxygen atoms in total. The van der Waals surface area contributed by atoms with Gasteiger partial charge in [0.2, 0.25) is 5.91 Å². The number of nitrogens with one attached hydrogen (secondary N) is 1. The minimum atomic E-state index is -0.469. The molecule has 2 heterocycles. The van der Waals surface area contributed by atoms with Crippen molar-refractivity contribution in [1.29, 1.82) is 0 Å². The number of fused-ring (bicyclic) bond motifs is 1. The van der Waals surface area contributed by atoms with Gasteiger partial charge in [-0.15, -0.1) is 11.3 Å². The van der Waals surface area contributed by atoms with E-state index in [0.29, 0.717) is 19.4 Å². The number of nitrogens with zero attached hydrogens (tertiary/aromatic N) is 2. The zero-order valence-electron chi connectivity index (χ0n) is 12.8. The monoisotopic (exact) mass is 309 g/mol. The summed E-state index contributed by atoms with van der Waals surface area (Å²) >= 11 is 1.59. The first-order valence-electron chi connectivity index (χ1n) is 7.38. The first-order valence-corrected chi connectivity index (χ1v) is 8.26. The summed E-state index contributed by atoms with van der Waals surface area (Å²) in [6.45, 7) is 6.31. The molecule has 2 rings (SSSR count). The van der Waals surface area contributed by atoms with Gasteiger partial charge in [-0.3, -0.25) is 9.20 Å². The van der Waals surface area contributed by atoms with E-state index in [1.54, 1.807) is 11.3 Å². The summed E-state index contributed by atoms with van der Waals surface area (Å²) in [5.74, 6) is 0.185. The van der Waals surface area contributed by atoms with Crippen LogP contribution >= 0.6 is 11.3 Å². The van der Waals surface area contributed by atoms with Crippen molar-refractivity contribution >= 4 is 22.2 Å². The number of amides is 1. The summed E-state index contributed by atoms with van der Waals surface area (Å²) in [6.07, 6.45) is 3.54. The highest BCUT2D eigenvalue weighted by molar-refractivity contribution is 7.15. The molecule has 2 aromatic heterocycles. The van der Waals surface area contributed by atoms with E-state index in [1.807, 2.05) is 36.7 Å². The van der Waals surface area contributed by atoms with E-state index in [1.165, 1.54) is 0 Å². The first kappa shape index (κ1) is 16.0. The Bertz CT molecular complexity index is 605. The van der Waals surface area contributed by atoms with Gasteiger partial charge >= 0.3 is 0 Å². The van der Waals surface area contributed by atoms with Crippen LogP contribution in [0.25, 0.3) is 4.96 Å². The van der Waals surface area contributed by atoms with Crippen LogP contribution in [0.2, 0.25) is 0 Å². The predicted molar refractivity (Wildman–Crippen MR) is 84.6 cm³/mol. The van der Waals surface area contributed by atoms with Crippen molar-refractivity contribution in [2.75, 3.05) is 6.54 Å². The third-order valence-electron chi connectivity index (χ3n) is 3.82. The fraction of sp³-hybridized carbons (Fsp3) is 0.600. The van der Waals surface area contributed by atoms with E-state index >= 15 is 0 Å². The van der Waals surface area contributed by atoms with Gasteiger partial charge in [-0.05, 0) is 19.3 Å². The second-order valence-corrected chi connectivity index (χ2v) is 6.36. The van der Waals surface area contributed by atoms with Crippen LogP contribution in [0.1, 0.15) is 38.1 Å². The first-order chi connectivity index (χ1) is 10.0. The lowest BCUT2D eigenvalue weighted by atomic mass is 10.0. The van der Waals surface area contributed by atoms with Crippen LogP contribution < -0.4 is 5.32 Å². The van der Waals surface area contributed by atoms with Gasteiger partial charge in [-0.2, -0.15) is 0 Å². The Labute approximate surface area is 129 Å². The normalized spacial score (nSPS) is 14.3. The molecule has 2 atom stereocenters. The molecule has 0 aliphatic carbocycles. The molecule has 0 saturated heterocycles. The maximum atomic E-state index is 11.9. The number of rotatable bonds is 7. The second kappa shape index (κ2) is 7.04. The molecule has 1 amide bonds. The van der Waals surface area contributed by atoms with Crippen LogP contribution in [0.5, 0.6) is 0 Å². The van der Waals surface area contributed by atoms with Crippen molar-refractivity contribution in [2.45, 2.75) is 46.1 Å². The highest BCUT2D eigenvalue weighted by Gasteiger charge is 2.14. The number of aliphatic hydroxyl groups excluding tert-OH is 1. The minimum Gasteiger partial charge on any atom is -0.391 e. The number of hydrogen-bond acceptors (Lipinski definition) is 4. The zero-order valence-corrected chi connectivity index (χ0v) is 13.6. The summed E-state index contributed by atoms with van der Waals surface area (Å²) < 4.78 is 2.04. The Hall–Kier alpha value is -1.40. The Morgan fingerprint density at radius 2 is 2.33 bits per heavy atom. The van der Waals surface area contributed by atoms with Crippen molar-refractivity contribution in [1.82, 2.24) is 14.7 Å². The van der Waals surface area contributed by atoms with E-state index < -0.39 is 6.10 Å². The van der Waals surface area contributed by atoms with Crippen LogP contribution in [0, 0.1) is 12.8 Å². The molecule has 0 fully saturated rings. The molecule has 2 N–H and O–H groups in total. The Morgan fingerprint density at radius 1 is 1.57 bits per heavy atom. The van der Waals surface area contributed by atoms with E-state index in [2.05, 4.69) is 10.3 Å². The van der Waals surface area contributed by atoms with Gasteiger partial charge in [0, 0.05) is 30.2 Å². The molecule has 116 valence electrons. The number of aliphatic hydroxyl groups is 1. The molecular formula is C15H23N3O2S. The van der Waals surface area contributed by atoms with Gasteiger partial charge in [0.05, 0.1) is 11.8 Å². The van der Waals surface area contributed by atoms with E-state index in [0.717, 1.165) is 22.8 Å². The van der Waals surface area contributed by atoms with Crippen LogP contribution in [0.4, 0.5) is 0 Å². The van der Waals surface area contributed by atoms with Crippen LogP contribution in [0.15, 0.2) is 11.6 Å². The summed E-state index contributed by atoms with van der Waals surface area (Å²) in [6, 6.07) is 0. The van der Waals surface area contributed by atoms with Crippen molar-refractivity contribution in [3.05, 3.63) is 23.0 Å². The Balaban J connectivity index is 1.81. The van der Waals surface area contributed by atoms with Gasteiger partial charge in [0.15, 0.2) is 4.96 Å². The van der Waals surface area contributed by atoms with Gasteiger partial charge in [-0.1, -0.05) is 20.3 Å². The van der Waals surface area contributed by atoms with Crippen LogP contribution in [-0.4, -0.2) is 33.0 Å². The molecule has 0 bridgehead atoms. The number of thiazole rings is 1. The Morgan fingerprint density at radius 3 is 3.05 bits per heavy atom. The summed E-state index contributed by atoms with van der Waals surface area (Å²) in [4.78, 5) is 17.2. The van der Waals surface area contributed by atoms with Gasteiger partial charge in [-0.25, -0.2) is 4.98 Å². The van der Waals surface area contributed by atoms with Crippen molar-refractivity contribution in [2.24, 2.45) is 5.92 Å². The lowest BCUT2D eigenvalue weighted by Gasteiger charge is -2.17. The van der Waals surface area contributed by atoms with Crippen molar-refractivity contribution < 1.29 is 9.90 Å². The summed E-state index contributed by atoms with van der Waals surface area (Å²) in [5.41, 5.74) is 2.09. The van der Waals surface area contributed by atoms with Gasteiger partial charge < -0.3 is 10.4 Å². The number of carbonyl (C=O) groups is 1. The highest BCUT2D eigenvalue weighted by atomic mass is 32.1. The average molecular weight is 309 g/mol. The van der Waals surface area contributed by atoms with E-state index in [9.17, 15) is 9.90 Å². The summed E-state index contributed by atoms with van der Waals surface area (Å²) in [5, 5.41) is 14.7. The topological polar surface area (TPSA) is 66.6 Å². The molecule has 0 saturated carbocycles. The number of imidazole rings is 1. The molecule has 2 aromatic rings. The maximum Gasteiger partial charge on any atom is 0.220 e. The quantitative estimate of drug-likeness (QED) is 0.823. The average Bonchev–Trinajstić information content (AvgIpc) is 3.00. The standard InChI is InChI=1S/C15H23N3O2S/c1-4-10(2)13(19)7-16-14(20)6-5-12-9-21-15-17-11(3)8-18(12)15/h8-10,13,19H,4-7H2,1-3H3,(H,16,20). The minimum absolute atomic E-state index is 0.0199. The number of aromatic nitrogens is 2. The molecule has 0 aromatic carbocycles. The smallest absolute Gasteiger partial charge is 0.220 e. The van der Waals surface area contributed by atoms with E-state index in [4.69, 9.17) is 0 Å². The SMILES string of the molecule is CCC(C)C(O)CNC(=O)CCc1csc2nc(C)cn12. The van der Waals surface area contributed by atoms with Gasteiger partial charge in [0.1, 0.15) is 0 Å². The van der Waals surface area contributed by atoms with E-state index in [-0.39, 0.29) is 11.8 Å². The number of carbonyl (C=O) groups excluding carboxylic acids is 1. The fourth-order valence-electron chi connectivity index (χ4n) is 2.14. The molecule has 0 spiro atoms. The van der Waals surface area contributed by atoms with Crippen molar-refractivity contribution in [3.8, 4) is 0 Å². The van der Waals surface area contributed by atoms with Gasteiger partial charge in [0.25, 0.3) is 0 Å². The molecule has 0 aliphatic rings. The Kier molecular flexibility index (Phi) is 5.36. The largest absolute Gasteiger partial charge is 0.391 e. The zero-order chi connectivity index (χ0) is 15.4. The fourth-order valence-corrected chi connectivity index (χ4v) is 3.10. The molecule has 0 radical (unpaired) electrons. The number of hydrogen-bond donors (Lipinski definition) is 2. The maximum absolute atomic E-state index is 11.9. The van der Waals surface area contributed by atoms with Crippen LogP contribution in [0.3, 0.4) is 0 Å². The molecule has 21 heavy (non-hydrogen) atoms. The predicted octanol–water partition coefficient (Wildman–Crippen LogP) is 2.16.